The van der Waals surface area contributed by atoms with Crippen LogP contribution in [-0.4, -0.2) is 29.1 Å². The number of imidazole rings is 2. The minimum Gasteiger partial charge on any atom is -0.322 e. The van der Waals surface area contributed by atoms with E-state index in [-0.39, 0.29) is 0 Å². The zero-order valence-corrected chi connectivity index (χ0v) is 16.2. The maximum absolute atomic E-state index is 6.21. The molecule has 3 aromatic heterocycles. The first-order valence-corrected chi connectivity index (χ1v) is 9.62. The van der Waals surface area contributed by atoms with Crippen LogP contribution in [0, 0.1) is 0 Å². The second-order valence-corrected chi connectivity index (χ2v) is 7.14. The van der Waals surface area contributed by atoms with Crippen molar-refractivity contribution in [1.82, 2.24) is 29.1 Å². The molecular formula is C22H17ClN6. The van der Waals surface area contributed by atoms with Crippen molar-refractivity contribution < 1.29 is 0 Å². The van der Waals surface area contributed by atoms with Gasteiger partial charge in [0.05, 0.1) is 23.8 Å². The first kappa shape index (κ1) is 17.6. The van der Waals surface area contributed by atoms with E-state index >= 15 is 0 Å². The van der Waals surface area contributed by atoms with Gasteiger partial charge in [0.1, 0.15) is 11.5 Å². The first-order chi connectivity index (χ1) is 14.3. The molecule has 0 aliphatic carbocycles. The van der Waals surface area contributed by atoms with Crippen LogP contribution in [0.5, 0.6) is 0 Å². The summed E-state index contributed by atoms with van der Waals surface area (Å²) in [6.45, 7) is 1.29. The van der Waals surface area contributed by atoms with Crippen LogP contribution in [0.15, 0.2) is 79.5 Å². The summed E-state index contributed by atoms with van der Waals surface area (Å²) in [6, 6.07) is 16.2. The summed E-state index contributed by atoms with van der Waals surface area (Å²) in [6.07, 6.45) is 8.74. The molecule has 3 heterocycles. The highest BCUT2D eigenvalue weighted by Crippen LogP contribution is 2.23. The lowest BCUT2D eigenvalue weighted by atomic mass is 10.2. The molecule has 7 heteroatoms. The van der Waals surface area contributed by atoms with Gasteiger partial charge in [0.25, 0.3) is 0 Å². The Morgan fingerprint density at radius 1 is 0.897 bits per heavy atom. The van der Waals surface area contributed by atoms with Gasteiger partial charge in [-0.2, -0.15) is 0 Å². The fourth-order valence-electron chi connectivity index (χ4n) is 3.45. The Kier molecular flexibility index (Phi) is 4.54. The molecule has 142 valence electrons. The second kappa shape index (κ2) is 7.48. The fourth-order valence-corrected chi connectivity index (χ4v) is 3.62. The molecule has 0 amide bonds. The van der Waals surface area contributed by atoms with Crippen molar-refractivity contribution in [2.75, 3.05) is 0 Å². The maximum Gasteiger partial charge on any atom is 0.160 e. The molecule has 5 aromatic rings. The van der Waals surface area contributed by atoms with Crippen molar-refractivity contribution in [2.45, 2.75) is 13.1 Å². The number of benzene rings is 2. The minimum absolute atomic E-state index is 0.561. The van der Waals surface area contributed by atoms with Gasteiger partial charge < -0.3 is 9.13 Å². The van der Waals surface area contributed by atoms with E-state index in [4.69, 9.17) is 16.6 Å². The van der Waals surface area contributed by atoms with E-state index in [2.05, 4.69) is 31.7 Å². The van der Waals surface area contributed by atoms with Crippen molar-refractivity contribution in [1.29, 1.82) is 0 Å². The summed E-state index contributed by atoms with van der Waals surface area (Å²) in [4.78, 5) is 17.9. The lowest BCUT2D eigenvalue weighted by Crippen LogP contribution is -2.10. The Labute approximate surface area is 172 Å². The van der Waals surface area contributed by atoms with Crippen LogP contribution < -0.4 is 0 Å². The van der Waals surface area contributed by atoms with Crippen molar-refractivity contribution in [2.24, 2.45) is 0 Å². The molecule has 0 saturated carbocycles. The van der Waals surface area contributed by atoms with E-state index in [0.29, 0.717) is 11.6 Å². The molecule has 0 spiro atoms. The minimum atomic E-state index is 0.561. The van der Waals surface area contributed by atoms with Gasteiger partial charge in [-0.15, -0.1) is 0 Å². The van der Waals surface area contributed by atoms with Crippen LogP contribution in [0.4, 0.5) is 0 Å². The Morgan fingerprint density at radius 3 is 2.62 bits per heavy atom. The van der Waals surface area contributed by atoms with Gasteiger partial charge in [-0.25, -0.2) is 15.0 Å². The summed E-state index contributed by atoms with van der Waals surface area (Å²) < 4.78 is 4.26. The quantitative estimate of drug-likeness (QED) is 0.437. The normalized spacial score (nSPS) is 11.2. The molecule has 29 heavy (non-hydrogen) atoms. The van der Waals surface area contributed by atoms with Gasteiger partial charge in [-0.1, -0.05) is 41.9 Å². The van der Waals surface area contributed by atoms with Crippen molar-refractivity contribution in [3.05, 3.63) is 95.9 Å². The molecule has 5 rings (SSSR count). The molecule has 0 N–H and O–H groups in total. The summed E-state index contributed by atoms with van der Waals surface area (Å²) in [5.41, 5.74) is 3.87. The van der Waals surface area contributed by atoms with Crippen molar-refractivity contribution >= 4 is 22.6 Å². The predicted molar refractivity (Wildman–Crippen MR) is 113 cm³/mol. The number of halogens is 1. The average molecular weight is 401 g/mol. The number of hydrogen-bond donors (Lipinski definition) is 0. The smallest absolute Gasteiger partial charge is 0.160 e. The van der Waals surface area contributed by atoms with Crippen LogP contribution in [-0.2, 0) is 13.1 Å². The maximum atomic E-state index is 6.21. The fraction of sp³-hybridized carbons (Fsp3) is 0.0909. The van der Waals surface area contributed by atoms with E-state index < -0.39 is 0 Å². The second-order valence-electron chi connectivity index (χ2n) is 6.70. The third-order valence-electron chi connectivity index (χ3n) is 4.79. The van der Waals surface area contributed by atoms with Gasteiger partial charge in [0.2, 0.25) is 0 Å². The van der Waals surface area contributed by atoms with Gasteiger partial charge >= 0.3 is 0 Å². The Morgan fingerprint density at radius 2 is 1.79 bits per heavy atom. The number of rotatable bonds is 5. The largest absolute Gasteiger partial charge is 0.322 e. The van der Waals surface area contributed by atoms with Gasteiger partial charge in [-0.05, 0) is 23.8 Å². The highest BCUT2D eigenvalue weighted by atomic mass is 35.5. The number of aromatic nitrogens is 6. The zero-order valence-electron chi connectivity index (χ0n) is 15.5. The number of nitrogens with zero attached hydrogens (tertiary/aromatic N) is 6. The summed E-state index contributed by atoms with van der Waals surface area (Å²) in [5.74, 6) is 1.68. The van der Waals surface area contributed by atoms with Crippen LogP contribution >= 0.6 is 11.6 Å². The molecule has 0 aliphatic heterocycles. The first-order valence-electron chi connectivity index (χ1n) is 9.24. The summed E-state index contributed by atoms with van der Waals surface area (Å²) in [7, 11) is 0. The standard InChI is InChI=1S/C22H17ClN6/c23-17-6-7-20-18(12-17)27-21(29(20)14-16-4-2-1-3-5-16)15-28-11-10-26-22(28)19-13-24-8-9-25-19/h1-13H,14-15H2. The highest BCUT2D eigenvalue weighted by Gasteiger charge is 2.15. The number of hydrogen-bond acceptors (Lipinski definition) is 4. The van der Waals surface area contributed by atoms with Gasteiger partial charge in [0.15, 0.2) is 5.82 Å². The molecule has 2 aromatic carbocycles. The zero-order chi connectivity index (χ0) is 19.6. The topological polar surface area (TPSA) is 61.4 Å². The van der Waals surface area contributed by atoms with Gasteiger partial charge in [-0.3, -0.25) is 4.98 Å². The van der Waals surface area contributed by atoms with Crippen LogP contribution in [0.25, 0.3) is 22.6 Å². The highest BCUT2D eigenvalue weighted by molar-refractivity contribution is 6.31. The molecular weight excluding hydrogens is 384 g/mol. The van der Waals surface area contributed by atoms with Crippen LogP contribution in [0.1, 0.15) is 11.4 Å². The summed E-state index contributed by atoms with van der Waals surface area (Å²) >= 11 is 6.21. The molecule has 0 unspecified atom stereocenters. The van der Waals surface area contributed by atoms with E-state index in [1.165, 1.54) is 5.56 Å². The average Bonchev–Trinajstić information content (AvgIpc) is 3.34. The van der Waals surface area contributed by atoms with Gasteiger partial charge in [0, 0.05) is 36.4 Å². The Bertz CT molecular complexity index is 1260. The molecule has 0 saturated heterocycles. The van der Waals surface area contributed by atoms with Crippen LogP contribution in [0.3, 0.4) is 0 Å². The van der Waals surface area contributed by atoms with E-state index in [1.54, 1.807) is 24.8 Å². The summed E-state index contributed by atoms with van der Waals surface area (Å²) in [5, 5.41) is 0.677. The molecule has 0 bridgehead atoms. The molecule has 0 atom stereocenters. The van der Waals surface area contributed by atoms with Crippen LogP contribution in [0.2, 0.25) is 5.02 Å². The van der Waals surface area contributed by atoms with Crippen molar-refractivity contribution in [3.8, 4) is 11.5 Å². The third kappa shape index (κ3) is 3.50. The number of fused-ring (bicyclic) bond motifs is 1. The third-order valence-corrected chi connectivity index (χ3v) is 5.03. The van der Waals surface area contributed by atoms with E-state index in [9.17, 15) is 0 Å². The SMILES string of the molecule is Clc1ccc2c(c1)nc(Cn1ccnc1-c1cnccn1)n2Cc1ccccc1. The lowest BCUT2D eigenvalue weighted by molar-refractivity contribution is 0.681. The molecule has 0 fully saturated rings. The van der Waals surface area contributed by atoms with Crippen molar-refractivity contribution in [3.63, 3.8) is 0 Å². The Hall–Kier alpha value is -3.51. The van der Waals surface area contributed by atoms with E-state index in [1.807, 2.05) is 47.2 Å². The molecule has 0 radical (unpaired) electrons. The lowest BCUT2D eigenvalue weighted by Gasteiger charge is -2.11. The predicted octanol–water partition coefficient (Wildman–Crippen LogP) is 4.44. The molecule has 6 nitrogen and oxygen atoms in total. The Balaban J connectivity index is 1.59. The monoisotopic (exact) mass is 400 g/mol. The van der Waals surface area contributed by atoms with E-state index in [0.717, 1.165) is 34.9 Å². The molecule has 0 aliphatic rings.